The van der Waals surface area contributed by atoms with Gasteiger partial charge < -0.3 is 4.90 Å². The lowest BCUT2D eigenvalue weighted by atomic mass is 10.1. The van der Waals surface area contributed by atoms with E-state index >= 15 is 0 Å². The van der Waals surface area contributed by atoms with Crippen LogP contribution in [0.5, 0.6) is 0 Å². The molecule has 0 aromatic heterocycles. The van der Waals surface area contributed by atoms with Crippen molar-refractivity contribution in [1.82, 2.24) is 4.90 Å². The number of unbranched alkanes of at least 4 members (excludes halogenated alkanes) is 6. The van der Waals surface area contributed by atoms with Crippen LogP contribution in [0.4, 0.5) is 0 Å². The van der Waals surface area contributed by atoms with Crippen LogP contribution in [0.15, 0.2) is 0 Å². The van der Waals surface area contributed by atoms with Gasteiger partial charge in [0.25, 0.3) is 0 Å². The van der Waals surface area contributed by atoms with Gasteiger partial charge in [0, 0.05) is 0 Å². The highest BCUT2D eigenvalue weighted by Crippen LogP contribution is 2.12. The van der Waals surface area contributed by atoms with E-state index < -0.39 is 0 Å². The van der Waals surface area contributed by atoms with Gasteiger partial charge >= 0.3 is 0 Å². The first kappa shape index (κ1) is 15.4. The summed E-state index contributed by atoms with van der Waals surface area (Å²) in [4.78, 5) is 2.69. The third kappa shape index (κ3) is 8.96. The predicted molar refractivity (Wildman–Crippen MR) is 81.1 cm³/mol. The fourth-order valence-corrected chi connectivity index (χ4v) is 2.91. The molecule has 0 radical (unpaired) electrons. The lowest BCUT2D eigenvalue weighted by molar-refractivity contribution is 0.277. The standard InChI is InChI=1S/C15H31NS/c17-15-11-7-3-1-2-4-8-12-16-13-9-5-6-10-14-16/h17H,1-15H2. The van der Waals surface area contributed by atoms with Gasteiger partial charge in [-0.25, -0.2) is 0 Å². The van der Waals surface area contributed by atoms with Crippen molar-refractivity contribution < 1.29 is 0 Å². The predicted octanol–water partition coefficient (Wildman–Crippen LogP) is 4.52. The first-order chi connectivity index (χ1) is 8.43. The van der Waals surface area contributed by atoms with Gasteiger partial charge in [0.05, 0.1) is 0 Å². The van der Waals surface area contributed by atoms with Gasteiger partial charge in [0.15, 0.2) is 0 Å². The Kier molecular flexibility index (Phi) is 10.3. The smallest absolute Gasteiger partial charge is 0.00187 e. The zero-order chi connectivity index (χ0) is 12.2. The van der Waals surface area contributed by atoms with Gasteiger partial charge in [-0.3, -0.25) is 0 Å². The second kappa shape index (κ2) is 11.4. The van der Waals surface area contributed by atoms with E-state index in [-0.39, 0.29) is 0 Å². The van der Waals surface area contributed by atoms with E-state index in [2.05, 4.69) is 17.5 Å². The van der Waals surface area contributed by atoms with Gasteiger partial charge in [-0.2, -0.15) is 12.6 Å². The number of hydrogen-bond acceptors (Lipinski definition) is 2. The molecule has 0 aromatic rings. The monoisotopic (exact) mass is 257 g/mol. The highest BCUT2D eigenvalue weighted by atomic mass is 32.1. The summed E-state index contributed by atoms with van der Waals surface area (Å²) in [6, 6.07) is 0. The summed E-state index contributed by atoms with van der Waals surface area (Å²) >= 11 is 4.24. The highest BCUT2D eigenvalue weighted by molar-refractivity contribution is 7.80. The molecule has 1 aliphatic heterocycles. The number of thiol groups is 1. The molecule has 102 valence electrons. The summed E-state index contributed by atoms with van der Waals surface area (Å²) < 4.78 is 0. The van der Waals surface area contributed by atoms with E-state index in [0.29, 0.717) is 0 Å². The van der Waals surface area contributed by atoms with E-state index in [1.165, 1.54) is 90.3 Å². The van der Waals surface area contributed by atoms with Gasteiger partial charge in [-0.05, 0) is 51.1 Å². The van der Waals surface area contributed by atoms with Gasteiger partial charge in [0.2, 0.25) is 0 Å². The zero-order valence-electron chi connectivity index (χ0n) is 11.5. The molecule has 1 fully saturated rings. The molecule has 0 aliphatic carbocycles. The summed E-state index contributed by atoms with van der Waals surface area (Å²) in [5.41, 5.74) is 0. The van der Waals surface area contributed by atoms with Crippen LogP contribution < -0.4 is 0 Å². The normalized spacial score (nSPS) is 18.2. The second-order valence-corrected chi connectivity index (χ2v) is 5.90. The Morgan fingerprint density at radius 3 is 1.76 bits per heavy atom. The van der Waals surface area contributed by atoms with Crippen LogP contribution in [0.1, 0.15) is 70.6 Å². The van der Waals surface area contributed by atoms with Crippen molar-refractivity contribution in [2.45, 2.75) is 70.6 Å². The molecular formula is C15H31NS. The zero-order valence-corrected chi connectivity index (χ0v) is 12.4. The van der Waals surface area contributed by atoms with Crippen molar-refractivity contribution in [1.29, 1.82) is 0 Å². The average Bonchev–Trinajstić information content (AvgIpc) is 2.61. The molecule has 1 rings (SSSR count). The van der Waals surface area contributed by atoms with Gasteiger partial charge in [-0.1, -0.05) is 44.9 Å². The Morgan fingerprint density at radius 2 is 1.18 bits per heavy atom. The minimum atomic E-state index is 1.06. The van der Waals surface area contributed by atoms with Crippen molar-refractivity contribution in [2.75, 3.05) is 25.4 Å². The van der Waals surface area contributed by atoms with Crippen molar-refractivity contribution in [3.63, 3.8) is 0 Å². The summed E-state index contributed by atoms with van der Waals surface area (Å²) in [6.07, 6.45) is 15.6. The molecule has 1 saturated heterocycles. The van der Waals surface area contributed by atoms with Crippen LogP contribution in [0.25, 0.3) is 0 Å². The van der Waals surface area contributed by atoms with Crippen molar-refractivity contribution in [3.05, 3.63) is 0 Å². The first-order valence-corrected chi connectivity index (χ1v) is 8.40. The Bertz CT molecular complexity index is 153. The van der Waals surface area contributed by atoms with Gasteiger partial charge in [0.1, 0.15) is 0 Å². The molecule has 0 aromatic carbocycles. The average molecular weight is 257 g/mol. The van der Waals surface area contributed by atoms with Gasteiger partial charge in [-0.15, -0.1) is 0 Å². The first-order valence-electron chi connectivity index (χ1n) is 7.76. The van der Waals surface area contributed by atoms with Crippen molar-refractivity contribution in [3.8, 4) is 0 Å². The molecule has 0 bridgehead atoms. The Balaban J connectivity index is 1.82. The molecule has 1 heterocycles. The molecule has 0 unspecified atom stereocenters. The van der Waals surface area contributed by atoms with E-state index in [9.17, 15) is 0 Å². The minimum Gasteiger partial charge on any atom is -0.303 e. The molecule has 0 atom stereocenters. The molecule has 1 aliphatic rings. The fourth-order valence-electron chi connectivity index (χ4n) is 2.69. The molecule has 2 heteroatoms. The Morgan fingerprint density at radius 1 is 0.647 bits per heavy atom. The maximum Gasteiger partial charge on any atom is -0.00187 e. The van der Waals surface area contributed by atoms with Crippen molar-refractivity contribution in [2.24, 2.45) is 0 Å². The number of hydrogen-bond donors (Lipinski definition) is 1. The van der Waals surface area contributed by atoms with Crippen LogP contribution in [-0.2, 0) is 0 Å². The molecule has 17 heavy (non-hydrogen) atoms. The van der Waals surface area contributed by atoms with E-state index in [0.717, 1.165) is 5.75 Å². The summed E-state index contributed by atoms with van der Waals surface area (Å²) in [6.45, 7) is 4.08. The third-order valence-corrected chi connectivity index (χ3v) is 4.15. The summed E-state index contributed by atoms with van der Waals surface area (Å²) in [5.74, 6) is 1.06. The summed E-state index contributed by atoms with van der Waals surface area (Å²) in [5, 5.41) is 0. The molecule has 0 saturated carbocycles. The summed E-state index contributed by atoms with van der Waals surface area (Å²) in [7, 11) is 0. The topological polar surface area (TPSA) is 3.24 Å². The van der Waals surface area contributed by atoms with Crippen LogP contribution in [0.3, 0.4) is 0 Å². The molecule has 0 spiro atoms. The van der Waals surface area contributed by atoms with E-state index in [4.69, 9.17) is 0 Å². The van der Waals surface area contributed by atoms with Crippen LogP contribution in [0.2, 0.25) is 0 Å². The minimum absolute atomic E-state index is 1.06. The molecule has 1 nitrogen and oxygen atoms in total. The largest absolute Gasteiger partial charge is 0.303 e. The number of nitrogens with zero attached hydrogens (tertiary/aromatic N) is 1. The second-order valence-electron chi connectivity index (χ2n) is 5.45. The van der Waals surface area contributed by atoms with E-state index in [1.54, 1.807) is 0 Å². The van der Waals surface area contributed by atoms with Crippen LogP contribution in [0, 0.1) is 0 Å². The highest BCUT2D eigenvalue weighted by Gasteiger charge is 2.07. The van der Waals surface area contributed by atoms with E-state index in [1.807, 2.05) is 0 Å². The quantitative estimate of drug-likeness (QED) is 0.469. The number of likely N-dealkylation sites (tertiary alicyclic amines) is 1. The lowest BCUT2D eigenvalue weighted by Gasteiger charge is -2.19. The maximum absolute atomic E-state index is 4.24. The molecule has 0 amide bonds. The Hall–Kier alpha value is 0.310. The maximum atomic E-state index is 4.24. The van der Waals surface area contributed by atoms with Crippen molar-refractivity contribution >= 4 is 12.6 Å². The fraction of sp³-hybridized carbons (Fsp3) is 1.00. The lowest BCUT2D eigenvalue weighted by Crippen LogP contribution is -2.25. The SMILES string of the molecule is SCCCCCCCCCN1CCCCCC1. The number of rotatable bonds is 9. The third-order valence-electron chi connectivity index (χ3n) is 3.83. The Labute approximate surface area is 114 Å². The van der Waals surface area contributed by atoms with Crippen LogP contribution in [-0.4, -0.2) is 30.3 Å². The van der Waals surface area contributed by atoms with Crippen LogP contribution >= 0.6 is 12.6 Å². The molecule has 0 N–H and O–H groups in total. The molecular weight excluding hydrogens is 226 g/mol.